The molecule has 5 nitrogen and oxygen atoms in total. The Morgan fingerprint density at radius 2 is 1.92 bits per heavy atom. The number of hydrogen-bond donors (Lipinski definition) is 1. The summed E-state index contributed by atoms with van der Waals surface area (Å²) in [5.74, 6) is 0.162. The minimum Gasteiger partial charge on any atom is -0.358 e. The SMILES string of the molecule is NC1CCN(C(=O)CN(Cc2cccnc2)c2ccccc2)CC1. The van der Waals surface area contributed by atoms with E-state index in [9.17, 15) is 4.79 Å². The fraction of sp³-hybridized carbons (Fsp3) is 0.368. The number of hydrogen-bond acceptors (Lipinski definition) is 4. The monoisotopic (exact) mass is 324 g/mol. The van der Waals surface area contributed by atoms with Crippen LogP contribution in [-0.2, 0) is 11.3 Å². The van der Waals surface area contributed by atoms with Gasteiger partial charge in [0.15, 0.2) is 0 Å². The van der Waals surface area contributed by atoms with Crippen LogP contribution in [0.5, 0.6) is 0 Å². The van der Waals surface area contributed by atoms with Crippen LogP contribution in [0.3, 0.4) is 0 Å². The smallest absolute Gasteiger partial charge is 0.242 e. The number of amides is 1. The number of nitrogens with zero attached hydrogens (tertiary/aromatic N) is 3. The molecule has 24 heavy (non-hydrogen) atoms. The van der Waals surface area contributed by atoms with Gasteiger partial charge >= 0.3 is 0 Å². The van der Waals surface area contributed by atoms with Crippen molar-refractivity contribution < 1.29 is 4.79 Å². The number of carbonyl (C=O) groups excluding carboxylic acids is 1. The van der Waals surface area contributed by atoms with E-state index in [-0.39, 0.29) is 11.9 Å². The first-order valence-corrected chi connectivity index (χ1v) is 8.44. The molecule has 1 aliphatic heterocycles. The van der Waals surface area contributed by atoms with Gasteiger partial charge in [-0.15, -0.1) is 0 Å². The molecular formula is C19H24N4O. The minimum atomic E-state index is 0.162. The Morgan fingerprint density at radius 3 is 2.58 bits per heavy atom. The molecule has 0 radical (unpaired) electrons. The lowest BCUT2D eigenvalue weighted by Gasteiger charge is -2.33. The maximum atomic E-state index is 12.7. The summed E-state index contributed by atoms with van der Waals surface area (Å²) in [6.45, 7) is 2.55. The molecule has 0 atom stereocenters. The van der Waals surface area contributed by atoms with Crippen LogP contribution in [0.1, 0.15) is 18.4 Å². The quantitative estimate of drug-likeness (QED) is 0.914. The Hall–Kier alpha value is -2.40. The number of likely N-dealkylation sites (tertiary alicyclic amines) is 1. The zero-order chi connectivity index (χ0) is 16.8. The van der Waals surface area contributed by atoms with Gasteiger partial charge in [0.2, 0.25) is 5.91 Å². The van der Waals surface area contributed by atoms with Crippen molar-refractivity contribution in [3.63, 3.8) is 0 Å². The standard InChI is InChI=1S/C19H24N4O/c20-17-8-11-22(12-9-17)19(24)15-23(18-6-2-1-3-7-18)14-16-5-4-10-21-13-16/h1-7,10,13,17H,8-9,11-12,14-15,20H2. The van der Waals surface area contributed by atoms with Gasteiger partial charge in [0.05, 0.1) is 6.54 Å². The Bertz CT molecular complexity index is 639. The third-order valence-electron chi connectivity index (χ3n) is 4.44. The molecule has 2 N–H and O–H groups in total. The molecule has 1 amide bonds. The van der Waals surface area contributed by atoms with E-state index < -0.39 is 0 Å². The molecule has 1 saturated heterocycles. The van der Waals surface area contributed by atoms with Crippen LogP contribution in [0.25, 0.3) is 0 Å². The number of benzene rings is 1. The van der Waals surface area contributed by atoms with Crippen LogP contribution in [0, 0.1) is 0 Å². The van der Waals surface area contributed by atoms with Gasteiger partial charge in [-0.3, -0.25) is 9.78 Å². The average Bonchev–Trinajstić information content (AvgIpc) is 2.63. The predicted molar refractivity (Wildman–Crippen MR) is 95.5 cm³/mol. The van der Waals surface area contributed by atoms with Gasteiger partial charge in [-0.1, -0.05) is 24.3 Å². The zero-order valence-corrected chi connectivity index (χ0v) is 13.8. The molecule has 5 heteroatoms. The number of pyridine rings is 1. The second-order valence-corrected chi connectivity index (χ2v) is 6.27. The maximum Gasteiger partial charge on any atom is 0.242 e. The highest BCUT2D eigenvalue weighted by Crippen LogP contribution is 2.17. The van der Waals surface area contributed by atoms with Crippen molar-refractivity contribution >= 4 is 11.6 Å². The van der Waals surface area contributed by atoms with Gasteiger partial charge in [-0.2, -0.15) is 0 Å². The van der Waals surface area contributed by atoms with Crippen molar-refractivity contribution in [1.82, 2.24) is 9.88 Å². The van der Waals surface area contributed by atoms with Gasteiger partial charge in [-0.25, -0.2) is 0 Å². The molecular weight excluding hydrogens is 300 g/mol. The van der Waals surface area contributed by atoms with Gasteiger partial charge in [-0.05, 0) is 36.6 Å². The van der Waals surface area contributed by atoms with Crippen LogP contribution in [0.15, 0.2) is 54.9 Å². The summed E-state index contributed by atoms with van der Waals surface area (Å²) in [6, 6.07) is 14.2. The summed E-state index contributed by atoms with van der Waals surface area (Å²) < 4.78 is 0. The van der Waals surface area contributed by atoms with Crippen molar-refractivity contribution in [2.45, 2.75) is 25.4 Å². The van der Waals surface area contributed by atoms with E-state index in [1.807, 2.05) is 53.6 Å². The van der Waals surface area contributed by atoms with Gasteiger partial charge in [0.1, 0.15) is 0 Å². The lowest BCUT2D eigenvalue weighted by atomic mass is 10.1. The first kappa shape index (κ1) is 16.5. The van der Waals surface area contributed by atoms with Gasteiger partial charge in [0.25, 0.3) is 0 Å². The molecule has 1 aromatic carbocycles. The highest BCUT2D eigenvalue weighted by molar-refractivity contribution is 5.81. The van der Waals surface area contributed by atoms with E-state index in [4.69, 9.17) is 5.73 Å². The molecule has 3 rings (SSSR count). The molecule has 126 valence electrons. The number of piperidine rings is 1. The van der Waals surface area contributed by atoms with Crippen molar-refractivity contribution in [2.75, 3.05) is 24.5 Å². The summed E-state index contributed by atoms with van der Waals surface area (Å²) in [5.41, 5.74) is 8.07. The van der Waals surface area contributed by atoms with Gasteiger partial charge in [0, 0.05) is 43.8 Å². The first-order chi connectivity index (χ1) is 11.7. The Balaban J connectivity index is 1.71. The summed E-state index contributed by atoms with van der Waals surface area (Å²) in [7, 11) is 0. The fourth-order valence-corrected chi connectivity index (χ4v) is 3.00. The Morgan fingerprint density at radius 1 is 1.17 bits per heavy atom. The van der Waals surface area contributed by atoms with E-state index in [0.717, 1.165) is 37.2 Å². The number of para-hydroxylation sites is 1. The summed E-state index contributed by atoms with van der Waals surface area (Å²) in [6.07, 6.45) is 5.39. The van der Waals surface area contributed by atoms with E-state index in [2.05, 4.69) is 9.88 Å². The number of carbonyl (C=O) groups is 1. The van der Waals surface area contributed by atoms with Crippen LogP contribution in [-0.4, -0.2) is 41.5 Å². The zero-order valence-electron chi connectivity index (χ0n) is 13.8. The molecule has 1 aliphatic rings. The number of anilines is 1. The minimum absolute atomic E-state index is 0.162. The molecule has 2 aromatic rings. The topological polar surface area (TPSA) is 62.5 Å². The van der Waals surface area contributed by atoms with Crippen molar-refractivity contribution in [3.8, 4) is 0 Å². The Labute approximate surface area is 143 Å². The second-order valence-electron chi connectivity index (χ2n) is 6.27. The van der Waals surface area contributed by atoms with Crippen LogP contribution in [0.4, 0.5) is 5.69 Å². The lowest BCUT2D eigenvalue weighted by Crippen LogP contribution is -2.46. The number of rotatable bonds is 5. The maximum absolute atomic E-state index is 12.7. The van der Waals surface area contributed by atoms with E-state index >= 15 is 0 Å². The molecule has 2 heterocycles. The highest BCUT2D eigenvalue weighted by atomic mass is 16.2. The van der Waals surface area contributed by atoms with E-state index in [0.29, 0.717) is 13.1 Å². The van der Waals surface area contributed by atoms with Crippen molar-refractivity contribution in [3.05, 3.63) is 60.4 Å². The third-order valence-corrected chi connectivity index (χ3v) is 4.44. The largest absolute Gasteiger partial charge is 0.358 e. The molecule has 0 unspecified atom stereocenters. The van der Waals surface area contributed by atoms with E-state index in [1.165, 1.54) is 0 Å². The summed E-state index contributed by atoms with van der Waals surface area (Å²) >= 11 is 0. The average molecular weight is 324 g/mol. The molecule has 1 fully saturated rings. The van der Waals surface area contributed by atoms with Gasteiger partial charge < -0.3 is 15.5 Å². The fourth-order valence-electron chi connectivity index (χ4n) is 3.00. The lowest BCUT2D eigenvalue weighted by molar-refractivity contribution is -0.130. The van der Waals surface area contributed by atoms with E-state index in [1.54, 1.807) is 6.20 Å². The molecule has 0 spiro atoms. The normalized spacial score (nSPS) is 15.3. The van der Waals surface area contributed by atoms with Crippen LogP contribution >= 0.6 is 0 Å². The molecule has 0 aliphatic carbocycles. The summed E-state index contributed by atoms with van der Waals surface area (Å²) in [5, 5.41) is 0. The highest BCUT2D eigenvalue weighted by Gasteiger charge is 2.22. The van der Waals surface area contributed by atoms with Crippen molar-refractivity contribution in [2.24, 2.45) is 5.73 Å². The molecule has 0 bridgehead atoms. The first-order valence-electron chi connectivity index (χ1n) is 8.44. The molecule has 0 saturated carbocycles. The van der Waals surface area contributed by atoms with Crippen LogP contribution < -0.4 is 10.6 Å². The second kappa shape index (κ2) is 7.93. The van der Waals surface area contributed by atoms with Crippen molar-refractivity contribution in [1.29, 1.82) is 0 Å². The third kappa shape index (κ3) is 4.32. The Kier molecular flexibility index (Phi) is 5.43. The number of nitrogens with two attached hydrogens (primary N) is 1. The number of aromatic nitrogens is 1. The molecule has 1 aromatic heterocycles. The summed E-state index contributed by atoms with van der Waals surface area (Å²) in [4.78, 5) is 20.9. The predicted octanol–water partition coefficient (Wildman–Crippen LogP) is 2.04. The van der Waals surface area contributed by atoms with Crippen LogP contribution in [0.2, 0.25) is 0 Å².